The van der Waals surface area contributed by atoms with Crippen molar-refractivity contribution in [3.8, 4) is 78.7 Å². The second-order valence-electron chi connectivity index (χ2n) is 13.9. The first-order valence-corrected chi connectivity index (χ1v) is 18.8. The fourth-order valence-electron chi connectivity index (χ4n) is 7.48. The van der Waals surface area contributed by atoms with Gasteiger partial charge in [-0.15, -0.1) is 0 Å². The van der Waals surface area contributed by atoms with Crippen LogP contribution in [0.5, 0.6) is 0 Å². The van der Waals surface area contributed by atoms with Gasteiger partial charge in [-0.05, 0) is 69.8 Å². The highest BCUT2D eigenvalue weighted by atomic mass is 14.9. The molecule has 4 heteroatoms. The van der Waals surface area contributed by atoms with E-state index in [1.807, 2.05) is 36.4 Å². The molecule has 2 heterocycles. The molecule has 0 aliphatic heterocycles. The Bertz CT molecular complexity index is 3030. The van der Waals surface area contributed by atoms with Crippen molar-refractivity contribution >= 4 is 21.8 Å². The molecule has 262 valence electrons. The molecule has 0 amide bonds. The number of hydrogen-bond acceptors (Lipinski definition) is 4. The van der Waals surface area contributed by atoms with Crippen molar-refractivity contribution in [3.63, 3.8) is 0 Å². The lowest BCUT2D eigenvalue weighted by Crippen LogP contribution is -1.96. The summed E-state index contributed by atoms with van der Waals surface area (Å²) in [5.41, 5.74) is 14.5. The third-order valence-electron chi connectivity index (χ3n) is 10.3. The number of nitrogens with zero attached hydrogens (tertiary/aromatic N) is 4. The molecule has 10 rings (SSSR count). The van der Waals surface area contributed by atoms with Gasteiger partial charge in [0.05, 0.1) is 22.4 Å². The number of hydrogen-bond donors (Lipinski definition) is 0. The van der Waals surface area contributed by atoms with Crippen LogP contribution in [-0.4, -0.2) is 19.9 Å². The van der Waals surface area contributed by atoms with Crippen LogP contribution >= 0.6 is 0 Å². The van der Waals surface area contributed by atoms with Crippen molar-refractivity contribution < 1.29 is 0 Å². The summed E-state index contributed by atoms with van der Waals surface area (Å²) in [5, 5.41) is 2.05. The van der Waals surface area contributed by atoms with Crippen molar-refractivity contribution in [1.29, 1.82) is 0 Å². The zero-order valence-corrected chi connectivity index (χ0v) is 30.4. The number of aromatic nitrogens is 4. The highest BCUT2D eigenvalue weighted by Crippen LogP contribution is 2.35. The molecule has 0 N–H and O–H groups in total. The van der Waals surface area contributed by atoms with Crippen LogP contribution in [0.2, 0.25) is 0 Å². The Balaban J connectivity index is 1.03. The van der Waals surface area contributed by atoms with Gasteiger partial charge in [0, 0.05) is 33.0 Å². The maximum absolute atomic E-state index is 5.28. The number of rotatable bonds is 7. The lowest BCUT2D eigenvalue weighted by atomic mass is 9.96. The predicted octanol–water partition coefficient (Wildman–Crippen LogP) is 13.2. The van der Waals surface area contributed by atoms with Gasteiger partial charge in [0.1, 0.15) is 0 Å². The first-order valence-electron chi connectivity index (χ1n) is 18.8. The van der Waals surface area contributed by atoms with E-state index in [-0.39, 0.29) is 0 Å². The minimum Gasteiger partial charge on any atom is -0.228 e. The molecule has 0 aliphatic carbocycles. The van der Waals surface area contributed by atoms with E-state index in [1.165, 1.54) is 11.1 Å². The Hall–Kier alpha value is -7.56. The van der Waals surface area contributed by atoms with Gasteiger partial charge in [-0.2, -0.15) is 0 Å². The summed E-state index contributed by atoms with van der Waals surface area (Å²) in [6.07, 6.45) is 0. The van der Waals surface area contributed by atoms with Gasteiger partial charge in [-0.25, -0.2) is 19.9 Å². The van der Waals surface area contributed by atoms with Crippen LogP contribution in [0.3, 0.4) is 0 Å². The minimum absolute atomic E-state index is 0.679. The molecular formula is C52H34N4. The topological polar surface area (TPSA) is 51.6 Å². The summed E-state index contributed by atoms with van der Waals surface area (Å²) in [6.45, 7) is 0. The molecule has 56 heavy (non-hydrogen) atoms. The molecule has 4 nitrogen and oxygen atoms in total. The molecule has 0 spiro atoms. The van der Waals surface area contributed by atoms with Crippen LogP contribution < -0.4 is 0 Å². The summed E-state index contributed by atoms with van der Waals surface area (Å²) in [7, 11) is 0. The first-order chi connectivity index (χ1) is 27.7. The van der Waals surface area contributed by atoms with Crippen LogP contribution in [0.4, 0.5) is 0 Å². The summed E-state index contributed by atoms with van der Waals surface area (Å²) >= 11 is 0. The Labute approximate surface area is 325 Å². The van der Waals surface area contributed by atoms with E-state index in [0.717, 1.165) is 77.7 Å². The van der Waals surface area contributed by atoms with Crippen LogP contribution in [0.1, 0.15) is 0 Å². The largest absolute Gasteiger partial charge is 0.228 e. The highest BCUT2D eigenvalue weighted by molar-refractivity contribution is 5.95. The third-order valence-corrected chi connectivity index (χ3v) is 10.3. The quantitative estimate of drug-likeness (QED) is 0.165. The zero-order valence-electron chi connectivity index (χ0n) is 30.4. The van der Waals surface area contributed by atoms with E-state index in [9.17, 15) is 0 Å². The Morgan fingerprint density at radius 3 is 1.04 bits per heavy atom. The average molecular weight is 715 g/mol. The van der Waals surface area contributed by atoms with Crippen molar-refractivity contribution in [3.05, 3.63) is 206 Å². The smallest absolute Gasteiger partial charge is 0.160 e. The van der Waals surface area contributed by atoms with E-state index < -0.39 is 0 Å². The van der Waals surface area contributed by atoms with E-state index in [4.69, 9.17) is 19.9 Å². The molecule has 2 aromatic heterocycles. The minimum atomic E-state index is 0.679. The van der Waals surface area contributed by atoms with Crippen LogP contribution in [0, 0.1) is 0 Å². The van der Waals surface area contributed by atoms with Gasteiger partial charge in [-0.1, -0.05) is 170 Å². The molecule has 0 saturated carbocycles. The standard InChI is InChI=1S/C52H34N4/c1-3-15-35(16-4-1)37-19-11-20-38(31-37)39-21-12-24-42(32-39)50-46-28-8-10-30-48(46)54-52(56-50)44-26-14-23-41(34-44)40-22-13-25-43(33-40)51-53-47-29-9-7-27-45(47)49(55-51)36-17-5-2-6-18-36/h1-34H. The maximum atomic E-state index is 5.28. The molecule has 10 aromatic rings. The monoisotopic (exact) mass is 714 g/mol. The van der Waals surface area contributed by atoms with Crippen LogP contribution in [-0.2, 0) is 0 Å². The summed E-state index contributed by atoms with van der Waals surface area (Å²) < 4.78 is 0. The second-order valence-corrected chi connectivity index (χ2v) is 13.9. The van der Waals surface area contributed by atoms with Crippen LogP contribution in [0.25, 0.3) is 100 Å². The number of para-hydroxylation sites is 2. The Morgan fingerprint density at radius 1 is 0.214 bits per heavy atom. The third kappa shape index (κ3) is 6.40. The average Bonchev–Trinajstić information content (AvgIpc) is 3.29. The normalized spacial score (nSPS) is 11.2. The lowest BCUT2D eigenvalue weighted by molar-refractivity contribution is 1.23. The molecule has 0 saturated heterocycles. The van der Waals surface area contributed by atoms with Gasteiger partial charge in [0.25, 0.3) is 0 Å². The van der Waals surface area contributed by atoms with E-state index in [1.54, 1.807) is 0 Å². The maximum Gasteiger partial charge on any atom is 0.160 e. The molecule has 0 unspecified atom stereocenters. The Kier molecular flexibility index (Phi) is 8.47. The summed E-state index contributed by atoms with van der Waals surface area (Å²) in [5.74, 6) is 1.37. The summed E-state index contributed by atoms with van der Waals surface area (Å²) in [6, 6.07) is 71.6. The lowest BCUT2D eigenvalue weighted by Gasteiger charge is -2.12. The van der Waals surface area contributed by atoms with Gasteiger partial charge >= 0.3 is 0 Å². The fraction of sp³-hybridized carbons (Fsp3) is 0. The van der Waals surface area contributed by atoms with Crippen molar-refractivity contribution in [1.82, 2.24) is 19.9 Å². The predicted molar refractivity (Wildman–Crippen MR) is 231 cm³/mol. The Morgan fingerprint density at radius 2 is 0.536 bits per heavy atom. The first kappa shape index (κ1) is 33.0. The van der Waals surface area contributed by atoms with Crippen molar-refractivity contribution in [2.45, 2.75) is 0 Å². The highest BCUT2D eigenvalue weighted by Gasteiger charge is 2.15. The number of benzene rings is 8. The SMILES string of the molecule is c1ccc(-c2cccc(-c3cccc(-c4nc(-c5cccc(-c6cccc(-c7nc(-c8ccccc8)c8ccccc8n7)c6)c5)nc5ccccc45)c3)c2)cc1. The molecule has 0 fully saturated rings. The number of fused-ring (bicyclic) bond motifs is 2. The molecule has 0 bridgehead atoms. The fourth-order valence-corrected chi connectivity index (χ4v) is 7.48. The van der Waals surface area contributed by atoms with E-state index in [0.29, 0.717) is 11.6 Å². The van der Waals surface area contributed by atoms with Gasteiger partial charge < -0.3 is 0 Å². The van der Waals surface area contributed by atoms with Gasteiger partial charge in [0.2, 0.25) is 0 Å². The molecule has 0 radical (unpaired) electrons. The van der Waals surface area contributed by atoms with E-state index in [2.05, 4.69) is 170 Å². The molecule has 8 aromatic carbocycles. The molecule has 0 aliphatic rings. The summed E-state index contributed by atoms with van der Waals surface area (Å²) in [4.78, 5) is 20.5. The van der Waals surface area contributed by atoms with E-state index >= 15 is 0 Å². The zero-order chi connectivity index (χ0) is 37.3. The molecule has 0 atom stereocenters. The molecular weight excluding hydrogens is 681 g/mol. The van der Waals surface area contributed by atoms with Crippen molar-refractivity contribution in [2.24, 2.45) is 0 Å². The van der Waals surface area contributed by atoms with Gasteiger partial charge in [-0.3, -0.25) is 0 Å². The van der Waals surface area contributed by atoms with Gasteiger partial charge in [0.15, 0.2) is 11.6 Å². The van der Waals surface area contributed by atoms with Crippen molar-refractivity contribution in [2.75, 3.05) is 0 Å². The second kappa shape index (κ2) is 14.3. The van der Waals surface area contributed by atoms with Crippen LogP contribution in [0.15, 0.2) is 206 Å².